The molecular formula is C23H20N6O5. The van der Waals surface area contributed by atoms with Gasteiger partial charge in [-0.3, -0.25) is 4.79 Å². The molecule has 3 N–H and O–H groups in total. The third-order valence-electron chi connectivity index (χ3n) is 5.79. The van der Waals surface area contributed by atoms with E-state index in [-0.39, 0.29) is 18.0 Å². The second-order valence-electron chi connectivity index (χ2n) is 8.03. The van der Waals surface area contributed by atoms with Crippen LogP contribution in [0.15, 0.2) is 41.6 Å². The number of hydrogen-bond acceptors (Lipinski definition) is 8. The van der Waals surface area contributed by atoms with Gasteiger partial charge in [-0.2, -0.15) is 4.73 Å². The topological polar surface area (TPSA) is 139 Å². The first-order chi connectivity index (χ1) is 16.5. The van der Waals surface area contributed by atoms with Crippen molar-refractivity contribution < 1.29 is 19.1 Å². The van der Waals surface area contributed by atoms with Crippen molar-refractivity contribution in [3.8, 4) is 22.8 Å². The Kier molecular flexibility index (Phi) is 4.52. The normalized spacial score (nSPS) is 12.8. The fourth-order valence-electron chi connectivity index (χ4n) is 4.28. The maximum atomic E-state index is 13.1. The fourth-order valence-corrected chi connectivity index (χ4v) is 4.28. The SMILES string of the molecule is CC(=O)On1cnc2cc3[nH]c(=O)c(-c4cn(CCCN)c5cc6c(cc45)OCO6)nc3cc21. The van der Waals surface area contributed by atoms with Crippen molar-refractivity contribution >= 4 is 38.9 Å². The number of nitrogens with one attached hydrogen (secondary N) is 1. The van der Waals surface area contributed by atoms with Crippen LogP contribution in [0.4, 0.5) is 0 Å². The lowest BCUT2D eigenvalue weighted by atomic mass is 10.1. The highest BCUT2D eigenvalue weighted by molar-refractivity contribution is 5.98. The molecule has 0 spiro atoms. The molecule has 0 fully saturated rings. The lowest BCUT2D eigenvalue weighted by Crippen LogP contribution is -2.15. The molecule has 34 heavy (non-hydrogen) atoms. The van der Waals surface area contributed by atoms with Crippen LogP contribution in [0.2, 0.25) is 0 Å². The molecular weight excluding hydrogens is 440 g/mol. The van der Waals surface area contributed by atoms with E-state index in [0.29, 0.717) is 52.2 Å². The van der Waals surface area contributed by atoms with Gasteiger partial charge in [0.05, 0.1) is 22.1 Å². The zero-order valence-electron chi connectivity index (χ0n) is 18.2. The van der Waals surface area contributed by atoms with Crippen LogP contribution in [0, 0.1) is 0 Å². The van der Waals surface area contributed by atoms with Crippen LogP contribution >= 0.6 is 0 Å². The van der Waals surface area contributed by atoms with Gasteiger partial charge in [0.15, 0.2) is 11.5 Å². The highest BCUT2D eigenvalue weighted by atomic mass is 16.7. The van der Waals surface area contributed by atoms with E-state index in [1.54, 1.807) is 12.1 Å². The number of imidazole rings is 1. The van der Waals surface area contributed by atoms with Crippen molar-refractivity contribution in [2.24, 2.45) is 5.73 Å². The summed E-state index contributed by atoms with van der Waals surface area (Å²) in [5.74, 6) is 0.806. The minimum atomic E-state index is -0.474. The molecule has 172 valence electrons. The number of nitrogens with two attached hydrogens (primary N) is 1. The second kappa shape index (κ2) is 7.59. The quantitative estimate of drug-likeness (QED) is 0.406. The van der Waals surface area contributed by atoms with Crippen molar-refractivity contribution in [3.63, 3.8) is 0 Å². The van der Waals surface area contributed by atoms with Crippen LogP contribution in [-0.4, -0.2) is 43.6 Å². The summed E-state index contributed by atoms with van der Waals surface area (Å²) >= 11 is 0. The van der Waals surface area contributed by atoms with Gasteiger partial charge in [-0.1, -0.05) is 0 Å². The predicted octanol–water partition coefficient (Wildman–Crippen LogP) is 1.95. The number of benzene rings is 2. The Labute approximate surface area is 191 Å². The number of aromatic nitrogens is 5. The Bertz CT molecular complexity index is 1660. The summed E-state index contributed by atoms with van der Waals surface area (Å²) in [5, 5.41) is 0.824. The molecule has 1 aliphatic heterocycles. The van der Waals surface area contributed by atoms with Gasteiger partial charge in [0, 0.05) is 36.7 Å². The molecule has 3 aromatic heterocycles. The summed E-state index contributed by atoms with van der Waals surface area (Å²) in [6.07, 6.45) is 4.08. The summed E-state index contributed by atoms with van der Waals surface area (Å²) in [4.78, 5) is 41.6. The van der Waals surface area contributed by atoms with Crippen molar-refractivity contribution in [2.45, 2.75) is 19.9 Å². The summed E-state index contributed by atoms with van der Waals surface area (Å²) in [6.45, 7) is 2.69. The predicted molar refractivity (Wildman–Crippen MR) is 124 cm³/mol. The van der Waals surface area contributed by atoms with E-state index in [2.05, 4.69) is 9.97 Å². The monoisotopic (exact) mass is 460 g/mol. The van der Waals surface area contributed by atoms with Gasteiger partial charge < -0.3 is 29.6 Å². The molecule has 0 atom stereocenters. The van der Waals surface area contributed by atoms with Gasteiger partial charge in [-0.25, -0.2) is 14.8 Å². The summed E-state index contributed by atoms with van der Waals surface area (Å²) in [5.41, 5.74) is 9.40. The lowest BCUT2D eigenvalue weighted by molar-refractivity contribution is -0.141. The molecule has 1 aliphatic rings. The number of H-pyrrole nitrogens is 1. The van der Waals surface area contributed by atoms with Crippen molar-refractivity contribution in [1.82, 2.24) is 24.2 Å². The number of rotatable bonds is 5. The third-order valence-corrected chi connectivity index (χ3v) is 5.79. The highest BCUT2D eigenvalue weighted by Gasteiger charge is 2.21. The number of nitrogens with zero attached hydrogens (tertiary/aromatic N) is 4. The largest absolute Gasteiger partial charge is 0.454 e. The average molecular weight is 460 g/mol. The average Bonchev–Trinajstić information content (AvgIpc) is 3.51. The standard InChI is InChI=1S/C23H20N6O5/c1-12(30)34-29-10-25-17-6-15-16(7-19(17)29)26-22(23(31)27-15)14-9-28(4-2-3-24)18-8-21-20(5-13(14)18)32-11-33-21/h5-10H,2-4,11,24H2,1H3,(H,27,31). The van der Waals surface area contributed by atoms with Gasteiger partial charge in [-0.15, -0.1) is 0 Å². The summed E-state index contributed by atoms with van der Waals surface area (Å²) in [6, 6.07) is 7.21. The Morgan fingerprint density at radius 2 is 2.00 bits per heavy atom. The maximum absolute atomic E-state index is 13.1. The van der Waals surface area contributed by atoms with Gasteiger partial charge in [0.2, 0.25) is 6.79 Å². The van der Waals surface area contributed by atoms with Crippen LogP contribution in [0.3, 0.4) is 0 Å². The number of fused-ring (bicyclic) bond motifs is 4. The molecule has 0 radical (unpaired) electrons. The molecule has 0 bridgehead atoms. The van der Waals surface area contributed by atoms with Gasteiger partial charge in [0.25, 0.3) is 5.56 Å². The number of aryl methyl sites for hydroxylation is 1. The van der Waals surface area contributed by atoms with E-state index < -0.39 is 5.97 Å². The number of ether oxygens (including phenoxy) is 2. The third kappa shape index (κ3) is 3.17. The van der Waals surface area contributed by atoms with E-state index in [0.717, 1.165) is 17.3 Å². The molecule has 11 heteroatoms. The summed E-state index contributed by atoms with van der Waals surface area (Å²) < 4.78 is 14.4. The van der Waals surface area contributed by atoms with Gasteiger partial charge in [-0.05, 0) is 31.2 Å². The van der Waals surface area contributed by atoms with Gasteiger partial charge in [0.1, 0.15) is 17.5 Å². The highest BCUT2D eigenvalue weighted by Crippen LogP contribution is 2.40. The zero-order valence-corrected chi connectivity index (χ0v) is 18.2. The Morgan fingerprint density at radius 3 is 2.79 bits per heavy atom. The van der Waals surface area contributed by atoms with Crippen molar-refractivity contribution in [3.05, 3.63) is 47.1 Å². The molecule has 11 nitrogen and oxygen atoms in total. The smallest absolute Gasteiger partial charge is 0.329 e. The molecule has 0 aliphatic carbocycles. The van der Waals surface area contributed by atoms with E-state index in [4.69, 9.17) is 25.0 Å². The second-order valence-corrected chi connectivity index (χ2v) is 8.03. The number of carbonyl (C=O) groups excluding carboxylic acids is 1. The Balaban J connectivity index is 1.57. The molecule has 0 saturated heterocycles. The van der Waals surface area contributed by atoms with Crippen LogP contribution in [0.25, 0.3) is 44.2 Å². The molecule has 0 amide bonds. The van der Waals surface area contributed by atoms with Crippen LogP contribution < -0.4 is 25.6 Å². The van der Waals surface area contributed by atoms with Crippen molar-refractivity contribution in [1.29, 1.82) is 0 Å². The lowest BCUT2D eigenvalue weighted by Gasteiger charge is -2.05. The zero-order chi connectivity index (χ0) is 23.4. The first kappa shape index (κ1) is 20.2. The molecule has 0 saturated carbocycles. The first-order valence-corrected chi connectivity index (χ1v) is 10.7. The molecule has 5 aromatic rings. The Morgan fingerprint density at radius 1 is 1.18 bits per heavy atom. The molecule has 0 unspecified atom stereocenters. The fraction of sp³-hybridized carbons (Fsp3) is 0.217. The van der Waals surface area contributed by atoms with E-state index in [1.807, 2.05) is 22.9 Å². The van der Waals surface area contributed by atoms with Crippen LogP contribution in [-0.2, 0) is 11.3 Å². The number of aromatic amines is 1. The van der Waals surface area contributed by atoms with Crippen molar-refractivity contribution in [2.75, 3.05) is 13.3 Å². The molecule has 4 heterocycles. The van der Waals surface area contributed by atoms with Crippen LogP contribution in [0.5, 0.6) is 11.5 Å². The van der Waals surface area contributed by atoms with Crippen LogP contribution in [0.1, 0.15) is 13.3 Å². The molecule has 6 rings (SSSR count). The minimum Gasteiger partial charge on any atom is -0.454 e. The minimum absolute atomic E-state index is 0.154. The summed E-state index contributed by atoms with van der Waals surface area (Å²) in [7, 11) is 0. The van der Waals surface area contributed by atoms with E-state index in [9.17, 15) is 9.59 Å². The Hall–Kier alpha value is -4.38. The maximum Gasteiger partial charge on any atom is 0.329 e. The molecule has 2 aromatic carbocycles. The van der Waals surface area contributed by atoms with Gasteiger partial charge >= 0.3 is 5.97 Å². The van der Waals surface area contributed by atoms with E-state index >= 15 is 0 Å². The first-order valence-electron chi connectivity index (χ1n) is 10.7. The number of carbonyl (C=O) groups is 1. The number of hydrogen-bond donors (Lipinski definition) is 2. The van der Waals surface area contributed by atoms with E-state index in [1.165, 1.54) is 18.0 Å².